The lowest BCUT2D eigenvalue weighted by Gasteiger charge is -2.36. The van der Waals surface area contributed by atoms with Crippen molar-refractivity contribution in [3.63, 3.8) is 0 Å². The van der Waals surface area contributed by atoms with Crippen LogP contribution >= 0.6 is 0 Å². The number of piperidine rings is 1. The Morgan fingerprint density at radius 3 is 1.92 bits per heavy atom. The molecule has 1 fully saturated rings. The number of nitro groups is 2. The number of aryl methyl sites for hydroxylation is 1. The summed E-state index contributed by atoms with van der Waals surface area (Å²) in [5.74, 6) is -0.362. The van der Waals surface area contributed by atoms with Crippen LogP contribution in [0.1, 0.15) is 30.0 Å². The Bertz CT molecular complexity index is 1430. The number of benzene rings is 3. The number of Topliss-reactive ketones (excluding diaryl/α,β-unsaturated/α-hetero) is 1. The quantitative estimate of drug-likeness (QED) is 0.238. The molecule has 0 N–H and O–H groups in total. The maximum Gasteiger partial charge on any atom is 0.269 e. The predicted octanol–water partition coefficient (Wildman–Crippen LogP) is 5.40. The summed E-state index contributed by atoms with van der Waals surface area (Å²) in [6.07, 6.45) is 4.11. The molecule has 38 heavy (non-hydrogen) atoms. The molecule has 4 rings (SSSR count). The molecule has 9 heteroatoms. The second kappa shape index (κ2) is 11.4. The van der Waals surface area contributed by atoms with Gasteiger partial charge in [-0.1, -0.05) is 30.3 Å². The highest BCUT2D eigenvalue weighted by molar-refractivity contribution is 6.16. The summed E-state index contributed by atoms with van der Waals surface area (Å²) in [6.45, 7) is 1.89. The highest BCUT2D eigenvalue weighted by atomic mass is 16.6. The van der Waals surface area contributed by atoms with E-state index in [1.165, 1.54) is 24.3 Å². The molecular formula is C29H25N3O6. The van der Waals surface area contributed by atoms with Crippen molar-refractivity contribution in [3.8, 4) is 0 Å². The fraction of sp³-hybridized carbons (Fsp3) is 0.172. The first-order valence-electron chi connectivity index (χ1n) is 12.0. The Morgan fingerprint density at radius 2 is 1.39 bits per heavy atom. The van der Waals surface area contributed by atoms with Gasteiger partial charge < -0.3 is 4.90 Å². The Hall–Kier alpha value is -4.92. The summed E-state index contributed by atoms with van der Waals surface area (Å²) < 4.78 is 0. The van der Waals surface area contributed by atoms with E-state index >= 15 is 0 Å². The van der Waals surface area contributed by atoms with Gasteiger partial charge in [-0.15, -0.1) is 0 Å². The van der Waals surface area contributed by atoms with Crippen LogP contribution < -0.4 is 0 Å². The van der Waals surface area contributed by atoms with Crippen molar-refractivity contribution in [1.29, 1.82) is 0 Å². The lowest BCUT2D eigenvalue weighted by Crippen LogP contribution is -2.47. The molecule has 0 radical (unpaired) electrons. The monoisotopic (exact) mass is 511 g/mol. The number of carbonyl (C=O) groups excluding carboxylic acids is 2. The van der Waals surface area contributed by atoms with Gasteiger partial charge in [-0.3, -0.25) is 29.8 Å². The Labute approximate surface area is 219 Å². The minimum Gasteiger partial charge on any atom is -0.331 e. The van der Waals surface area contributed by atoms with Crippen LogP contribution in [-0.4, -0.2) is 39.0 Å². The largest absolute Gasteiger partial charge is 0.331 e. The summed E-state index contributed by atoms with van der Waals surface area (Å²) in [4.78, 5) is 49.5. The highest BCUT2D eigenvalue weighted by Gasteiger charge is 2.34. The summed E-state index contributed by atoms with van der Waals surface area (Å²) >= 11 is 0. The van der Waals surface area contributed by atoms with E-state index in [2.05, 4.69) is 0 Å². The molecule has 0 unspecified atom stereocenters. The van der Waals surface area contributed by atoms with E-state index in [4.69, 9.17) is 0 Å². The third kappa shape index (κ3) is 6.07. The van der Waals surface area contributed by atoms with E-state index < -0.39 is 15.9 Å². The molecule has 0 saturated carbocycles. The summed E-state index contributed by atoms with van der Waals surface area (Å²) in [5.41, 5.74) is 2.85. The van der Waals surface area contributed by atoms with Crippen LogP contribution in [0.15, 0.2) is 90.0 Å². The smallest absolute Gasteiger partial charge is 0.269 e. The number of rotatable bonds is 7. The zero-order valence-corrected chi connectivity index (χ0v) is 20.7. The van der Waals surface area contributed by atoms with Gasteiger partial charge in [-0.25, -0.2) is 0 Å². The van der Waals surface area contributed by atoms with Crippen LogP contribution in [0.3, 0.4) is 0 Å². The fourth-order valence-corrected chi connectivity index (χ4v) is 4.34. The van der Waals surface area contributed by atoms with Crippen LogP contribution in [0.2, 0.25) is 0 Å². The Morgan fingerprint density at radius 1 is 0.868 bits per heavy atom. The van der Waals surface area contributed by atoms with Gasteiger partial charge in [0.2, 0.25) is 5.91 Å². The third-order valence-corrected chi connectivity index (χ3v) is 6.47. The van der Waals surface area contributed by atoms with Gasteiger partial charge in [-0.2, -0.15) is 0 Å². The van der Waals surface area contributed by atoms with E-state index in [0.29, 0.717) is 28.7 Å². The minimum atomic E-state index is -0.519. The molecule has 192 valence electrons. The van der Waals surface area contributed by atoms with Crippen LogP contribution in [0.5, 0.6) is 0 Å². The van der Waals surface area contributed by atoms with Gasteiger partial charge in [0, 0.05) is 41.8 Å². The molecule has 0 bridgehead atoms. The summed E-state index contributed by atoms with van der Waals surface area (Å²) in [5, 5.41) is 22.0. The number of likely N-dealkylation sites (tertiary alicyclic amines) is 1. The second-order valence-corrected chi connectivity index (χ2v) is 8.98. The number of nitrogens with zero attached hydrogens (tertiary/aromatic N) is 3. The van der Waals surface area contributed by atoms with Gasteiger partial charge in [0.1, 0.15) is 0 Å². The number of hydrogen-bond acceptors (Lipinski definition) is 6. The second-order valence-electron chi connectivity index (χ2n) is 8.98. The standard InChI is InChI=1S/C29H25N3O6/c1-20-27(18-23-9-14-26(15-10-23)32(37)38)29(34)24(17-22-7-12-25(13-8-22)31(35)36)19-30(20)28(33)16-11-21-5-3-2-4-6-21/h2-10,12-15,17-18,20H,11,16,19H2,1H3/b24-17+,27-18+/t20-/m1/s1. The van der Waals surface area contributed by atoms with Crippen LogP contribution in [0, 0.1) is 20.2 Å². The highest BCUT2D eigenvalue weighted by Crippen LogP contribution is 2.29. The Kier molecular flexibility index (Phi) is 7.86. The maximum atomic E-state index is 13.6. The summed E-state index contributed by atoms with van der Waals surface area (Å²) in [6, 6.07) is 20.8. The molecule has 1 aliphatic heterocycles. The SMILES string of the molecule is C[C@@H]1/C(=C\c2ccc([N+](=O)[O-])cc2)C(=O)/C(=C/c2ccc([N+](=O)[O-])cc2)CN1C(=O)CCc1ccccc1. The molecule has 3 aromatic carbocycles. The van der Waals surface area contributed by atoms with Crippen molar-refractivity contribution < 1.29 is 19.4 Å². The molecule has 3 aromatic rings. The predicted molar refractivity (Wildman–Crippen MR) is 143 cm³/mol. The van der Waals surface area contributed by atoms with Crippen LogP contribution in [-0.2, 0) is 16.0 Å². The Balaban J connectivity index is 1.67. The molecule has 1 atom stereocenters. The molecular weight excluding hydrogens is 486 g/mol. The normalized spacial score (nSPS) is 17.6. The molecule has 0 aromatic heterocycles. The van der Waals surface area contributed by atoms with Gasteiger partial charge in [0.05, 0.1) is 22.4 Å². The minimum absolute atomic E-state index is 0.0628. The maximum absolute atomic E-state index is 13.6. The van der Waals surface area contributed by atoms with Crippen molar-refractivity contribution in [2.75, 3.05) is 6.54 Å². The van der Waals surface area contributed by atoms with Crippen LogP contribution in [0.4, 0.5) is 11.4 Å². The van der Waals surface area contributed by atoms with Gasteiger partial charge in [-0.05, 0) is 66.5 Å². The average Bonchev–Trinajstić information content (AvgIpc) is 2.92. The number of ketones is 1. The molecule has 9 nitrogen and oxygen atoms in total. The first-order valence-corrected chi connectivity index (χ1v) is 12.0. The van der Waals surface area contributed by atoms with Crippen molar-refractivity contribution in [1.82, 2.24) is 4.90 Å². The van der Waals surface area contributed by atoms with E-state index in [1.807, 2.05) is 30.3 Å². The third-order valence-electron chi connectivity index (χ3n) is 6.47. The van der Waals surface area contributed by atoms with Gasteiger partial charge in [0.15, 0.2) is 5.78 Å². The zero-order valence-electron chi connectivity index (χ0n) is 20.7. The first-order chi connectivity index (χ1) is 18.2. The van der Waals surface area contributed by atoms with Crippen molar-refractivity contribution in [3.05, 3.63) is 127 Å². The van der Waals surface area contributed by atoms with Crippen molar-refractivity contribution >= 4 is 35.2 Å². The fourth-order valence-electron chi connectivity index (χ4n) is 4.34. The van der Waals surface area contributed by atoms with E-state index in [0.717, 1.165) is 5.56 Å². The molecule has 1 aliphatic rings. The molecule has 1 saturated heterocycles. The van der Waals surface area contributed by atoms with E-state index in [-0.39, 0.29) is 36.0 Å². The van der Waals surface area contributed by atoms with Crippen molar-refractivity contribution in [2.24, 2.45) is 0 Å². The van der Waals surface area contributed by atoms with E-state index in [1.54, 1.807) is 48.2 Å². The van der Waals surface area contributed by atoms with Gasteiger partial charge in [0.25, 0.3) is 11.4 Å². The zero-order chi connectivity index (χ0) is 27.2. The van der Waals surface area contributed by atoms with Gasteiger partial charge >= 0.3 is 0 Å². The molecule has 0 spiro atoms. The number of non-ortho nitro benzene ring substituents is 2. The molecule has 1 heterocycles. The van der Waals surface area contributed by atoms with Crippen molar-refractivity contribution in [2.45, 2.75) is 25.8 Å². The van der Waals surface area contributed by atoms with Crippen LogP contribution in [0.25, 0.3) is 12.2 Å². The number of hydrogen-bond donors (Lipinski definition) is 0. The number of nitro benzene ring substituents is 2. The topological polar surface area (TPSA) is 124 Å². The lowest BCUT2D eigenvalue weighted by atomic mass is 9.88. The molecule has 1 amide bonds. The average molecular weight is 512 g/mol. The molecule has 0 aliphatic carbocycles. The number of amides is 1. The first kappa shape index (κ1) is 26.2. The lowest BCUT2D eigenvalue weighted by molar-refractivity contribution is -0.385. The van der Waals surface area contributed by atoms with E-state index in [9.17, 15) is 29.8 Å². The summed E-state index contributed by atoms with van der Waals surface area (Å²) in [7, 11) is 0. The number of carbonyl (C=O) groups is 2.